The second kappa shape index (κ2) is 5.59. The van der Waals surface area contributed by atoms with Crippen LogP contribution in [0, 0.1) is 13.8 Å². The smallest absolute Gasteiger partial charge is 0.243 e. The van der Waals surface area contributed by atoms with Crippen LogP contribution in [0.25, 0.3) is 0 Å². The van der Waals surface area contributed by atoms with Gasteiger partial charge in [0.05, 0.1) is 10.5 Å². The van der Waals surface area contributed by atoms with Crippen molar-refractivity contribution in [3.05, 3.63) is 23.3 Å². The van der Waals surface area contributed by atoms with E-state index in [2.05, 4.69) is 0 Å². The van der Waals surface area contributed by atoms with Crippen molar-refractivity contribution in [3.8, 4) is 0 Å². The molecule has 6 heteroatoms. The van der Waals surface area contributed by atoms with Gasteiger partial charge in [-0.3, -0.25) is 0 Å². The van der Waals surface area contributed by atoms with Crippen LogP contribution in [0.3, 0.4) is 0 Å². The maximum Gasteiger partial charge on any atom is 0.243 e. The van der Waals surface area contributed by atoms with Crippen LogP contribution in [0.4, 0.5) is 5.69 Å². The maximum absolute atomic E-state index is 12.8. The number of nitrogen functional groups attached to an aromatic ring is 1. The molecule has 1 aromatic rings. The number of nitrogens with two attached hydrogens (primary N) is 1. The molecule has 1 heterocycles. The summed E-state index contributed by atoms with van der Waals surface area (Å²) in [4.78, 5) is 0.267. The van der Waals surface area contributed by atoms with Crippen LogP contribution >= 0.6 is 0 Å². The fourth-order valence-corrected chi connectivity index (χ4v) is 4.40. The third kappa shape index (κ3) is 3.07. The minimum absolute atomic E-state index is 0.267. The number of hydrogen-bond acceptors (Lipinski definition) is 4. The quantitative estimate of drug-likeness (QED) is 0.867. The van der Waals surface area contributed by atoms with Crippen LogP contribution in [0.2, 0.25) is 0 Å². The number of benzene rings is 1. The Morgan fingerprint density at radius 3 is 2.57 bits per heavy atom. The molecule has 1 saturated heterocycles. The average molecular weight is 312 g/mol. The number of aryl methyl sites for hydroxylation is 1. The minimum Gasteiger partial charge on any atom is -0.398 e. The topological polar surface area (TPSA) is 72.6 Å². The summed E-state index contributed by atoms with van der Waals surface area (Å²) in [5.41, 5.74) is 7.83. The van der Waals surface area contributed by atoms with E-state index in [-0.39, 0.29) is 4.90 Å². The molecule has 118 valence electrons. The number of rotatable bonds is 3. The summed E-state index contributed by atoms with van der Waals surface area (Å²) in [6.07, 6.45) is 1.66. The van der Waals surface area contributed by atoms with Gasteiger partial charge >= 0.3 is 0 Å². The van der Waals surface area contributed by atoms with E-state index in [1.807, 2.05) is 20.8 Å². The summed E-state index contributed by atoms with van der Waals surface area (Å²) in [5, 5.41) is 0. The molecule has 5 nitrogen and oxygen atoms in total. The van der Waals surface area contributed by atoms with Crippen molar-refractivity contribution in [2.75, 3.05) is 25.9 Å². The summed E-state index contributed by atoms with van der Waals surface area (Å²) >= 11 is 0. The van der Waals surface area contributed by atoms with E-state index in [1.54, 1.807) is 19.2 Å². The van der Waals surface area contributed by atoms with Crippen molar-refractivity contribution in [1.82, 2.24) is 4.31 Å². The summed E-state index contributed by atoms with van der Waals surface area (Å²) in [7, 11) is -1.90. The van der Waals surface area contributed by atoms with E-state index >= 15 is 0 Å². The Morgan fingerprint density at radius 1 is 1.33 bits per heavy atom. The van der Waals surface area contributed by atoms with Crippen LogP contribution in [0.1, 0.15) is 30.9 Å². The number of nitrogens with zero attached hydrogens (tertiary/aromatic N) is 1. The predicted molar refractivity (Wildman–Crippen MR) is 83.7 cm³/mol. The number of piperidine rings is 1. The van der Waals surface area contributed by atoms with E-state index in [0.717, 1.165) is 24.0 Å². The molecule has 0 aromatic heterocycles. The van der Waals surface area contributed by atoms with Gasteiger partial charge in [0, 0.05) is 25.9 Å². The van der Waals surface area contributed by atoms with Gasteiger partial charge in [-0.15, -0.1) is 0 Å². The number of ether oxygens (including phenoxy) is 1. The van der Waals surface area contributed by atoms with Crippen molar-refractivity contribution >= 4 is 15.7 Å². The highest BCUT2D eigenvalue weighted by Gasteiger charge is 2.37. The lowest BCUT2D eigenvalue weighted by atomic mass is 9.96. The van der Waals surface area contributed by atoms with Crippen molar-refractivity contribution in [1.29, 1.82) is 0 Å². The number of methoxy groups -OCH3 is 1. The van der Waals surface area contributed by atoms with Crippen LogP contribution in [-0.4, -0.2) is 38.5 Å². The molecule has 1 fully saturated rings. The van der Waals surface area contributed by atoms with Gasteiger partial charge in [0.15, 0.2) is 0 Å². The monoisotopic (exact) mass is 312 g/mol. The fourth-order valence-electron chi connectivity index (χ4n) is 2.68. The highest BCUT2D eigenvalue weighted by molar-refractivity contribution is 7.89. The van der Waals surface area contributed by atoms with Crippen molar-refractivity contribution in [2.45, 2.75) is 44.1 Å². The second-order valence-electron chi connectivity index (χ2n) is 6.05. The van der Waals surface area contributed by atoms with Crippen LogP contribution in [-0.2, 0) is 14.8 Å². The third-order valence-electron chi connectivity index (χ3n) is 4.44. The highest BCUT2D eigenvalue weighted by atomic mass is 32.2. The fraction of sp³-hybridized carbons (Fsp3) is 0.600. The Bertz CT molecular complexity index is 619. The standard InChI is InChI=1S/C15H24N2O3S/c1-11-8-13(9-14(16)12(11)2)21(18,19)17-7-5-6-15(3,10-17)20-4/h8-9H,5-7,10,16H2,1-4H3. The lowest BCUT2D eigenvalue weighted by Gasteiger charge is -2.38. The summed E-state index contributed by atoms with van der Waals surface area (Å²) in [6.45, 7) is 6.61. The number of anilines is 1. The largest absolute Gasteiger partial charge is 0.398 e. The Kier molecular flexibility index (Phi) is 4.33. The van der Waals surface area contributed by atoms with Crippen molar-refractivity contribution in [2.24, 2.45) is 0 Å². The summed E-state index contributed by atoms with van der Waals surface area (Å²) < 4.78 is 32.6. The lowest BCUT2D eigenvalue weighted by Crippen LogP contribution is -2.49. The molecule has 0 saturated carbocycles. The van der Waals surface area contributed by atoms with E-state index in [9.17, 15) is 8.42 Å². The molecule has 21 heavy (non-hydrogen) atoms. The molecular formula is C15H24N2O3S. The Labute approximate surface area is 127 Å². The first kappa shape index (κ1) is 16.3. The van der Waals surface area contributed by atoms with Gasteiger partial charge in [-0.05, 0) is 56.9 Å². The Morgan fingerprint density at radius 2 is 2.00 bits per heavy atom. The number of hydrogen-bond donors (Lipinski definition) is 1. The van der Waals surface area contributed by atoms with Gasteiger partial charge in [-0.2, -0.15) is 4.31 Å². The van der Waals surface area contributed by atoms with E-state index < -0.39 is 15.6 Å². The predicted octanol–water partition coefficient (Wildman–Crippen LogP) is 2.08. The molecule has 1 aliphatic rings. The van der Waals surface area contributed by atoms with E-state index in [0.29, 0.717) is 18.8 Å². The summed E-state index contributed by atoms with van der Waals surface area (Å²) in [6, 6.07) is 3.25. The molecule has 0 amide bonds. The zero-order valence-corrected chi connectivity index (χ0v) is 14.0. The Hall–Kier alpha value is -1.11. The molecule has 0 radical (unpaired) electrons. The average Bonchev–Trinajstić information content (AvgIpc) is 2.44. The Balaban J connectivity index is 2.38. The minimum atomic E-state index is -3.53. The van der Waals surface area contributed by atoms with E-state index in [1.165, 1.54) is 4.31 Å². The highest BCUT2D eigenvalue weighted by Crippen LogP contribution is 2.30. The van der Waals surface area contributed by atoms with Gasteiger partial charge in [0.1, 0.15) is 0 Å². The molecule has 0 bridgehead atoms. The van der Waals surface area contributed by atoms with E-state index in [4.69, 9.17) is 10.5 Å². The van der Waals surface area contributed by atoms with Gasteiger partial charge in [-0.25, -0.2) is 8.42 Å². The van der Waals surface area contributed by atoms with Crippen molar-refractivity contribution in [3.63, 3.8) is 0 Å². The molecule has 1 aliphatic heterocycles. The first-order valence-electron chi connectivity index (χ1n) is 7.12. The van der Waals surface area contributed by atoms with Crippen LogP contribution in [0.5, 0.6) is 0 Å². The molecule has 0 spiro atoms. The van der Waals surface area contributed by atoms with Crippen LogP contribution < -0.4 is 5.73 Å². The second-order valence-corrected chi connectivity index (χ2v) is 7.99. The lowest BCUT2D eigenvalue weighted by molar-refractivity contribution is -0.0319. The number of sulfonamides is 1. The molecule has 1 unspecified atom stereocenters. The molecule has 1 aromatic carbocycles. The molecular weight excluding hydrogens is 288 g/mol. The van der Waals surface area contributed by atoms with Crippen LogP contribution in [0.15, 0.2) is 17.0 Å². The molecule has 0 aliphatic carbocycles. The van der Waals surface area contributed by atoms with Gasteiger partial charge in [-0.1, -0.05) is 0 Å². The first-order valence-corrected chi connectivity index (χ1v) is 8.56. The molecule has 1 atom stereocenters. The van der Waals surface area contributed by atoms with Gasteiger partial charge < -0.3 is 10.5 Å². The first-order chi connectivity index (χ1) is 9.69. The maximum atomic E-state index is 12.8. The zero-order chi connectivity index (χ0) is 15.8. The van der Waals surface area contributed by atoms with Gasteiger partial charge in [0.25, 0.3) is 0 Å². The molecule has 2 N–H and O–H groups in total. The summed E-state index contributed by atoms with van der Waals surface area (Å²) in [5.74, 6) is 0. The zero-order valence-electron chi connectivity index (χ0n) is 13.1. The van der Waals surface area contributed by atoms with Gasteiger partial charge in [0.2, 0.25) is 10.0 Å². The normalized spacial score (nSPS) is 24.2. The molecule has 2 rings (SSSR count). The third-order valence-corrected chi connectivity index (χ3v) is 6.26. The van der Waals surface area contributed by atoms with Crippen molar-refractivity contribution < 1.29 is 13.2 Å². The SMILES string of the molecule is COC1(C)CCCN(S(=O)(=O)c2cc(C)c(C)c(N)c2)C1.